The van der Waals surface area contributed by atoms with Gasteiger partial charge in [-0.05, 0) is 43.5 Å². The smallest absolute Gasteiger partial charge is 0.236 e. The molecule has 1 aliphatic carbocycles. The van der Waals surface area contributed by atoms with Crippen LogP contribution >= 0.6 is 0 Å². The SMILES string of the molecule is CN(CC(=O)N(C)CC1CCCCC1)Cc1ccc2c(c1)OCCO2. The van der Waals surface area contributed by atoms with Crippen LogP contribution in [0, 0.1) is 5.92 Å². The second-order valence-electron chi connectivity index (χ2n) is 7.43. The van der Waals surface area contributed by atoms with Gasteiger partial charge in [-0.3, -0.25) is 9.69 Å². The lowest BCUT2D eigenvalue weighted by Crippen LogP contribution is -2.39. The number of benzene rings is 1. The first-order valence-electron chi connectivity index (χ1n) is 9.43. The first-order chi connectivity index (χ1) is 12.1. The Balaban J connectivity index is 1.47. The molecule has 3 rings (SSSR count). The fourth-order valence-electron chi connectivity index (χ4n) is 3.76. The van der Waals surface area contributed by atoms with Crippen LogP contribution in [0.2, 0.25) is 0 Å². The van der Waals surface area contributed by atoms with Crippen LogP contribution in [0.15, 0.2) is 18.2 Å². The summed E-state index contributed by atoms with van der Waals surface area (Å²) >= 11 is 0. The molecular formula is C20H30N2O3. The number of carbonyl (C=O) groups excluding carboxylic acids is 1. The van der Waals surface area contributed by atoms with Crippen molar-refractivity contribution in [3.05, 3.63) is 23.8 Å². The van der Waals surface area contributed by atoms with E-state index in [1.807, 2.05) is 37.2 Å². The summed E-state index contributed by atoms with van der Waals surface area (Å²) in [6.45, 7) is 3.26. The van der Waals surface area contributed by atoms with Crippen molar-refractivity contribution in [2.24, 2.45) is 5.92 Å². The molecule has 0 bridgehead atoms. The fourth-order valence-corrected chi connectivity index (χ4v) is 3.76. The van der Waals surface area contributed by atoms with Crippen LogP contribution in [0.3, 0.4) is 0 Å². The average Bonchev–Trinajstić information content (AvgIpc) is 2.62. The summed E-state index contributed by atoms with van der Waals surface area (Å²) in [4.78, 5) is 16.5. The second kappa shape index (κ2) is 8.56. The topological polar surface area (TPSA) is 42.0 Å². The summed E-state index contributed by atoms with van der Waals surface area (Å²) in [7, 11) is 3.93. The maximum absolute atomic E-state index is 12.5. The van der Waals surface area contributed by atoms with Gasteiger partial charge in [0.2, 0.25) is 5.91 Å². The summed E-state index contributed by atoms with van der Waals surface area (Å²) in [6, 6.07) is 6.01. The predicted molar refractivity (Wildman–Crippen MR) is 98.0 cm³/mol. The first-order valence-corrected chi connectivity index (χ1v) is 9.43. The van der Waals surface area contributed by atoms with Crippen LogP contribution < -0.4 is 9.47 Å². The predicted octanol–water partition coefficient (Wildman–Crippen LogP) is 2.93. The summed E-state index contributed by atoms with van der Waals surface area (Å²) in [5.41, 5.74) is 1.13. The molecule has 25 heavy (non-hydrogen) atoms. The minimum atomic E-state index is 0.200. The lowest BCUT2D eigenvalue weighted by molar-refractivity contribution is -0.131. The normalized spacial score (nSPS) is 17.6. The summed E-state index contributed by atoms with van der Waals surface area (Å²) < 4.78 is 11.2. The van der Waals surface area contributed by atoms with Gasteiger partial charge < -0.3 is 14.4 Å². The van der Waals surface area contributed by atoms with Gasteiger partial charge in [0.1, 0.15) is 13.2 Å². The minimum Gasteiger partial charge on any atom is -0.486 e. The van der Waals surface area contributed by atoms with Crippen molar-refractivity contribution in [1.82, 2.24) is 9.80 Å². The molecule has 1 saturated carbocycles. The van der Waals surface area contributed by atoms with E-state index in [0.29, 0.717) is 25.7 Å². The zero-order chi connectivity index (χ0) is 17.6. The number of nitrogens with zero attached hydrogens (tertiary/aromatic N) is 2. The van der Waals surface area contributed by atoms with Gasteiger partial charge in [0.15, 0.2) is 11.5 Å². The Hall–Kier alpha value is -1.75. The van der Waals surface area contributed by atoms with E-state index in [0.717, 1.165) is 30.2 Å². The molecule has 0 saturated heterocycles. The Labute approximate surface area is 150 Å². The molecule has 1 amide bonds. The Morgan fingerprint density at radius 1 is 1.08 bits per heavy atom. The third kappa shape index (κ3) is 5.11. The van der Waals surface area contributed by atoms with E-state index < -0.39 is 0 Å². The van der Waals surface area contributed by atoms with Crippen molar-refractivity contribution >= 4 is 5.91 Å². The van der Waals surface area contributed by atoms with Gasteiger partial charge in [-0.25, -0.2) is 0 Å². The Kier molecular flexibility index (Phi) is 6.19. The molecule has 1 aliphatic heterocycles. The number of carbonyl (C=O) groups is 1. The molecule has 0 aromatic heterocycles. The maximum Gasteiger partial charge on any atom is 0.236 e. The zero-order valence-corrected chi connectivity index (χ0v) is 15.5. The van der Waals surface area contributed by atoms with Crippen molar-refractivity contribution < 1.29 is 14.3 Å². The van der Waals surface area contributed by atoms with Crippen molar-refractivity contribution in [3.8, 4) is 11.5 Å². The van der Waals surface area contributed by atoms with Crippen LogP contribution in [0.25, 0.3) is 0 Å². The van der Waals surface area contributed by atoms with Crippen molar-refractivity contribution in [1.29, 1.82) is 0 Å². The molecule has 0 atom stereocenters. The van der Waals surface area contributed by atoms with Gasteiger partial charge in [0, 0.05) is 20.1 Å². The lowest BCUT2D eigenvalue weighted by Gasteiger charge is -2.28. The van der Waals surface area contributed by atoms with E-state index in [1.54, 1.807) is 0 Å². The minimum absolute atomic E-state index is 0.200. The zero-order valence-electron chi connectivity index (χ0n) is 15.5. The number of amides is 1. The quantitative estimate of drug-likeness (QED) is 0.794. The summed E-state index contributed by atoms with van der Waals surface area (Å²) in [6.07, 6.45) is 6.52. The monoisotopic (exact) mass is 346 g/mol. The Bertz CT molecular complexity index is 584. The van der Waals surface area contributed by atoms with Gasteiger partial charge in [-0.15, -0.1) is 0 Å². The van der Waals surface area contributed by atoms with Crippen LogP contribution in [-0.2, 0) is 11.3 Å². The Morgan fingerprint density at radius 2 is 1.80 bits per heavy atom. The highest BCUT2D eigenvalue weighted by Gasteiger charge is 2.19. The number of fused-ring (bicyclic) bond motifs is 1. The average molecular weight is 346 g/mol. The van der Waals surface area contributed by atoms with Crippen LogP contribution in [0.5, 0.6) is 11.5 Å². The van der Waals surface area contributed by atoms with E-state index in [-0.39, 0.29) is 5.91 Å². The van der Waals surface area contributed by atoms with Crippen molar-refractivity contribution in [3.63, 3.8) is 0 Å². The van der Waals surface area contributed by atoms with E-state index in [4.69, 9.17) is 9.47 Å². The molecular weight excluding hydrogens is 316 g/mol. The van der Waals surface area contributed by atoms with Crippen molar-refractivity contribution in [2.75, 3.05) is 40.4 Å². The molecule has 1 heterocycles. The molecule has 2 aliphatic rings. The van der Waals surface area contributed by atoms with E-state index >= 15 is 0 Å². The molecule has 1 aromatic carbocycles. The molecule has 1 fully saturated rings. The number of ether oxygens (including phenoxy) is 2. The van der Waals surface area contributed by atoms with Gasteiger partial charge in [0.25, 0.3) is 0 Å². The molecule has 5 heteroatoms. The molecule has 0 unspecified atom stereocenters. The third-order valence-corrected chi connectivity index (χ3v) is 5.15. The molecule has 0 radical (unpaired) electrons. The number of hydrogen-bond acceptors (Lipinski definition) is 4. The first kappa shape index (κ1) is 18.1. The number of likely N-dealkylation sites (N-methyl/N-ethyl adjacent to an activating group) is 2. The number of hydrogen-bond donors (Lipinski definition) is 0. The highest BCUT2D eigenvalue weighted by molar-refractivity contribution is 5.77. The van der Waals surface area contributed by atoms with Crippen LogP contribution in [0.4, 0.5) is 0 Å². The number of rotatable bonds is 6. The third-order valence-electron chi connectivity index (χ3n) is 5.15. The second-order valence-corrected chi connectivity index (χ2v) is 7.43. The van der Waals surface area contributed by atoms with Crippen LogP contribution in [0.1, 0.15) is 37.7 Å². The van der Waals surface area contributed by atoms with Gasteiger partial charge in [-0.2, -0.15) is 0 Å². The maximum atomic E-state index is 12.5. The molecule has 138 valence electrons. The Morgan fingerprint density at radius 3 is 2.56 bits per heavy atom. The van der Waals surface area contributed by atoms with E-state index in [1.165, 1.54) is 32.1 Å². The fraction of sp³-hybridized carbons (Fsp3) is 0.650. The highest BCUT2D eigenvalue weighted by atomic mass is 16.6. The van der Waals surface area contributed by atoms with Crippen LogP contribution in [-0.4, -0.2) is 56.1 Å². The van der Waals surface area contributed by atoms with E-state index in [2.05, 4.69) is 4.90 Å². The largest absolute Gasteiger partial charge is 0.486 e. The molecule has 0 spiro atoms. The summed E-state index contributed by atoms with van der Waals surface area (Å²) in [5, 5.41) is 0. The highest BCUT2D eigenvalue weighted by Crippen LogP contribution is 2.31. The summed E-state index contributed by atoms with van der Waals surface area (Å²) in [5.74, 6) is 2.50. The van der Waals surface area contributed by atoms with Gasteiger partial charge in [0.05, 0.1) is 6.54 Å². The van der Waals surface area contributed by atoms with Gasteiger partial charge in [-0.1, -0.05) is 25.3 Å². The van der Waals surface area contributed by atoms with Gasteiger partial charge >= 0.3 is 0 Å². The standard InChI is InChI=1S/C20H30N2O3/c1-21(13-17-8-9-18-19(12-17)25-11-10-24-18)15-20(23)22(2)14-16-6-4-3-5-7-16/h8-9,12,16H,3-7,10-11,13-15H2,1-2H3. The van der Waals surface area contributed by atoms with E-state index in [9.17, 15) is 4.79 Å². The molecule has 5 nitrogen and oxygen atoms in total. The molecule has 1 aromatic rings. The molecule has 0 N–H and O–H groups in total. The van der Waals surface area contributed by atoms with Crippen molar-refractivity contribution in [2.45, 2.75) is 38.6 Å². The lowest BCUT2D eigenvalue weighted by atomic mass is 9.89.